The summed E-state index contributed by atoms with van der Waals surface area (Å²) in [5, 5.41) is 13.9. The first kappa shape index (κ1) is 13.9. The Labute approximate surface area is 122 Å². The van der Waals surface area contributed by atoms with Crippen molar-refractivity contribution in [1.82, 2.24) is 9.78 Å². The normalized spacial score (nSPS) is 10.5. The van der Waals surface area contributed by atoms with Gasteiger partial charge in [0.25, 0.3) is 0 Å². The summed E-state index contributed by atoms with van der Waals surface area (Å²) in [6.45, 7) is 4.52. The number of aryl methyl sites for hydroxylation is 1. The highest BCUT2D eigenvalue weighted by Gasteiger charge is 2.12. The van der Waals surface area contributed by atoms with E-state index in [-0.39, 0.29) is 0 Å². The van der Waals surface area contributed by atoms with Crippen molar-refractivity contribution in [1.29, 1.82) is 5.26 Å². The van der Waals surface area contributed by atoms with Crippen LogP contribution in [-0.2, 0) is 12.4 Å². The van der Waals surface area contributed by atoms with Gasteiger partial charge in [-0.3, -0.25) is 4.68 Å². The summed E-state index contributed by atoms with van der Waals surface area (Å²) in [4.78, 5) is 0. The van der Waals surface area contributed by atoms with E-state index in [1.54, 1.807) is 12.1 Å². The van der Waals surface area contributed by atoms with Crippen LogP contribution >= 0.6 is 23.2 Å². The smallest absolute Gasteiger partial charge is 0.0992 e. The van der Waals surface area contributed by atoms with Crippen LogP contribution in [0.4, 0.5) is 0 Å². The van der Waals surface area contributed by atoms with Gasteiger partial charge in [0.05, 0.1) is 29.8 Å². The molecule has 0 spiro atoms. The minimum atomic E-state index is 0.457. The topological polar surface area (TPSA) is 41.6 Å². The Bertz CT molecular complexity index is 653. The predicted molar refractivity (Wildman–Crippen MR) is 76.5 cm³/mol. The standard InChI is InChI=1S/C14H13Cl2N3/c1-9-13(6-15)10(2)19(18-9)8-12-4-3-11(7-17)5-14(12)16/h3-5H,6,8H2,1-2H3. The van der Waals surface area contributed by atoms with Crippen molar-refractivity contribution >= 4 is 23.2 Å². The molecule has 0 unspecified atom stereocenters. The van der Waals surface area contributed by atoms with Crippen LogP contribution in [0.5, 0.6) is 0 Å². The summed E-state index contributed by atoms with van der Waals surface area (Å²) in [6, 6.07) is 7.36. The lowest BCUT2D eigenvalue weighted by Gasteiger charge is -2.07. The van der Waals surface area contributed by atoms with Crippen LogP contribution in [0, 0.1) is 25.2 Å². The molecule has 0 aliphatic rings. The number of halogens is 2. The fraction of sp³-hybridized carbons (Fsp3) is 0.286. The second-order valence-corrected chi connectivity index (χ2v) is 5.03. The van der Waals surface area contributed by atoms with E-state index >= 15 is 0 Å². The maximum absolute atomic E-state index is 8.82. The number of nitrogens with zero attached hydrogens (tertiary/aromatic N) is 3. The lowest BCUT2D eigenvalue weighted by molar-refractivity contribution is 0.658. The minimum absolute atomic E-state index is 0.457. The summed E-state index contributed by atoms with van der Waals surface area (Å²) in [5.74, 6) is 0.457. The second-order valence-electron chi connectivity index (χ2n) is 4.36. The summed E-state index contributed by atoms with van der Waals surface area (Å²) < 4.78 is 1.89. The Morgan fingerprint density at radius 1 is 1.37 bits per heavy atom. The zero-order valence-electron chi connectivity index (χ0n) is 10.7. The summed E-state index contributed by atoms with van der Waals surface area (Å²) >= 11 is 12.1. The van der Waals surface area contributed by atoms with Gasteiger partial charge in [0.15, 0.2) is 0 Å². The molecule has 2 aromatic rings. The second kappa shape index (κ2) is 5.64. The van der Waals surface area contributed by atoms with E-state index < -0.39 is 0 Å². The Kier molecular flexibility index (Phi) is 4.14. The number of rotatable bonds is 3. The van der Waals surface area contributed by atoms with Crippen LogP contribution in [0.15, 0.2) is 18.2 Å². The summed E-state index contributed by atoms with van der Waals surface area (Å²) in [6.07, 6.45) is 0. The highest BCUT2D eigenvalue weighted by atomic mass is 35.5. The van der Waals surface area contributed by atoms with Gasteiger partial charge in [0.2, 0.25) is 0 Å². The zero-order valence-corrected chi connectivity index (χ0v) is 12.3. The van der Waals surface area contributed by atoms with E-state index in [0.29, 0.717) is 23.0 Å². The van der Waals surface area contributed by atoms with E-state index in [4.69, 9.17) is 28.5 Å². The van der Waals surface area contributed by atoms with Crippen molar-refractivity contribution in [3.63, 3.8) is 0 Å². The average molecular weight is 294 g/mol. The molecule has 0 radical (unpaired) electrons. The van der Waals surface area contributed by atoms with E-state index in [2.05, 4.69) is 11.2 Å². The van der Waals surface area contributed by atoms with Gasteiger partial charge in [-0.2, -0.15) is 10.4 Å². The van der Waals surface area contributed by atoms with Gasteiger partial charge in [-0.1, -0.05) is 17.7 Å². The molecule has 0 bridgehead atoms. The number of aromatic nitrogens is 2. The molecule has 0 amide bonds. The predicted octanol–water partition coefficient (Wildman–Crippen LogP) is 3.81. The molecule has 0 saturated carbocycles. The van der Waals surface area contributed by atoms with Crippen molar-refractivity contribution in [2.45, 2.75) is 26.3 Å². The fourth-order valence-electron chi connectivity index (χ4n) is 1.99. The van der Waals surface area contributed by atoms with Crippen LogP contribution in [0.25, 0.3) is 0 Å². The highest BCUT2D eigenvalue weighted by Crippen LogP contribution is 2.21. The SMILES string of the molecule is Cc1nn(Cc2ccc(C#N)cc2Cl)c(C)c1CCl. The quantitative estimate of drug-likeness (QED) is 0.808. The van der Waals surface area contributed by atoms with Gasteiger partial charge in [0.1, 0.15) is 0 Å². The van der Waals surface area contributed by atoms with Crippen LogP contribution in [0.1, 0.15) is 28.1 Å². The van der Waals surface area contributed by atoms with Crippen LogP contribution < -0.4 is 0 Å². The Hall–Kier alpha value is -1.50. The van der Waals surface area contributed by atoms with Gasteiger partial charge in [-0.05, 0) is 31.5 Å². The third-order valence-electron chi connectivity index (χ3n) is 3.17. The summed E-state index contributed by atoms with van der Waals surface area (Å²) in [7, 11) is 0. The molecule has 5 heteroatoms. The van der Waals surface area contributed by atoms with Crippen LogP contribution in [0.3, 0.4) is 0 Å². The number of hydrogen-bond acceptors (Lipinski definition) is 2. The molecule has 98 valence electrons. The molecule has 0 aliphatic carbocycles. The number of hydrogen-bond donors (Lipinski definition) is 0. The number of benzene rings is 1. The van der Waals surface area contributed by atoms with E-state index in [1.165, 1.54) is 0 Å². The molecule has 3 nitrogen and oxygen atoms in total. The summed E-state index contributed by atoms with van der Waals surface area (Å²) in [5.41, 5.74) is 4.55. The zero-order chi connectivity index (χ0) is 14.0. The van der Waals surface area contributed by atoms with Crippen molar-refractivity contribution in [2.75, 3.05) is 0 Å². The van der Waals surface area contributed by atoms with Crippen molar-refractivity contribution in [2.24, 2.45) is 0 Å². The number of nitriles is 1. The molecule has 1 aromatic carbocycles. The molecular weight excluding hydrogens is 281 g/mol. The third kappa shape index (κ3) is 2.75. The molecule has 0 aliphatic heterocycles. The maximum atomic E-state index is 8.82. The molecule has 2 rings (SSSR count). The molecular formula is C14H13Cl2N3. The van der Waals surface area contributed by atoms with Crippen LogP contribution in [-0.4, -0.2) is 9.78 Å². The minimum Gasteiger partial charge on any atom is -0.265 e. The molecule has 1 heterocycles. The van der Waals surface area contributed by atoms with Gasteiger partial charge in [0, 0.05) is 16.3 Å². The molecule has 0 fully saturated rings. The first-order valence-electron chi connectivity index (χ1n) is 5.84. The van der Waals surface area contributed by atoms with Gasteiger partial charge >= 0.3 is 0 Å². The van der Waals surface area contributed by atoms with Gasteiger partial charge < -0.3 is 0 Å². The van der Waals surface area contributed by atoms with E-state index in [1.807, 2.05) is 24.6 Å². The van der Waals surface area contributed by atoms with Gasteiger partial charge in [-0.25, -0.2) is 0 Å². The van der Waals surface area contributed by atoms with E-state index in [9.17, 15) is 0 Å². The largest absolute Gasteiger partial charge is 0.265 e. The lowest BCUT2D eigenvalue weighted by Crippen LogP contribution is -2.05. The van der Waals surface area contributed by atoms with Crippen molar-refractivity contribution in [3.05, 3.63) is 51.3 Å². The third-order valence-corrected chi connectivity index (χ3v) is 3.79. The lowest BCUT2D eigenvalue weighted by atomic mass is 10.1. The monoisotopic (exact) mass is 293 g/mol. The maximum Gasteiger partial charge on any atom is 0.0992 e. The number of alkyl halides is 1. The van der Waals surface area contributed by atoms with Crippen LogP contribution in [0.2, 0.25) is 5.02 Å². The Morgan fingerprint density at radius 3 is 2.63 bits per heavy atom. The Balaban J connectivity index is 2.34. The fourth-order valence-corrected chi connectivity index (χ4v) is 2.61. The molecule has 1 aromatic heterocycles. The average Bonchev–Trinajstić information content (AvgIpc) is 2.66. The van der Waals surface area contributed by atoms with Crippen molar-refractivity contribution in [3.8, 4) is 6.07 Å². The Morgan fingerprint density at radius 2 is 2.11 bits per heavy atom. The molecule has 19 heavy (non-hydrogen) atoms. The van der Waals surface area contributed by atoms with Gasteiger partial charge in [-0.15, -0.1) is 11.6 Å². The molecule has 0 atom stereocenters. The molecule has 0 saturated heterocycles. The highest BCUT2D eigenvalue weighted by molar-refractivity contribution is 6.31. The van der Waals surface area contributed by atoms with E-state index in [0.717, 1.165) is 22.5 Å². The first-order valence-corrected chi connectivity index (χ1v) is 6.75. The van der Waals surface area contributed by atoms with Crippen molar-refractivity contribution < 1.29 is 0 Å². The molecule has 0 N–H and O–H groups in total. The first-order chi connectivity index (χ1) is 9.06.